The second-order valence-electron chi connectivity index (χ2n) is 2.16. The lowest BCUT2D eigenvalue weighted by Crippen LogP contribution is -2.12. The van der Waals surface area contributed by atoms with Crippen molar-refractivity contribution >= 4 is 18.0 Å². The minimum atomic E-state index is -0.314. The normalized spacial score (nSPS) is 11.0. The first kappa shape index (κ1) is 9.11. The number of hydrogen-bond donors (Lipinski definition) is 1. The van der Waals surface area contributed by atoms with Crippen molar-refractivity contribution in [3.63, 3.8) is 0 Å². The molecule has 1 aromatic rings. The Labute approximate surface area is 73.6 Å². The fraction of sp³-hybridized carbons (Fsp3) is 0.143. The van der Waals surface area contributed by atoms with E-state index in [0.29, 0.717) is 5.69 Å². The van der Waals surface area contributed by atoms with Gasteiger partial charge in [0.1, 0.15) is 0 Å². The summed E-state index contributed by atoms with van der Waals surface area (Å²) in [6, 6.07) is 0. The number of Topliss-reactive ketones (excluding diaryl/α,β-unsaturated/α-hetero) is 1. The molecule has 1 heterocycles. The molecule has 1 rings (SSSR count). The van der Waals surface area contributed by atoms with E-state index in [2.05, 4.69) is 20.0 Å². The zero-order valence-corrected chi connectivity index (χ0v) is 6.85. The highest BCUT2D eigenvalue weighted by Crippen LogP contribution is 1.96. The highest BCUT2D eigenvalue weighted by molar-refractivity contribution is 6.44. The third-order valence-electron chi connectivity index (χ3n) is 1.27. The second-order valence-corrected chi connectivity index (χ2v) is 2.16. The number of rotatable bonds is 4. The molecule has 0 bridgehead atoms. The van der Waals surface area contributed by atoms with Gasteiger partial charge in [-0.05, 0) is 0 Å². The Hall–Kier alpha value is -1.98. The molecule has 0 amide bonds. The fourth-order valence-corrected chi connectivity index (χ4v) is 0.763. The van der Waals surface area contributed by atoms with Crippen molar-refractivity contribution in [2.24, 2.45) is 5.16 Å². The molecule has 0 fully saturated rings. The molecule has 0 atom stereocenters. The van der Waals surface area contributed by atoms with Crippen molar-refractivity contribution in [2.75, 3.05) is 0 Å². The Morgan fingerprint density at radius 1 is 1.77 bits per heavy atom. The maximum Gasteiger partial charge on any atom is 0.323 e. The largest absolute Gasteiger partial charge is 0.343 e. The number of H-pyrrole nitrogens is 1. The third-order valence-corrected chi connectivity index (χ3v) is 1.27. The van der Waals surface area contributed by atoms with Gasteiger partial charge in [-0.25, -0.2) is 4.98 Å². The SMILES string of the molecule is CC(=O)/C(=N/OC=O)c1cnc[nH]1. The number of nitrogens with zero attached hydrogens (tertiary/aromatic N) is 2. The zero-order chi connectivity index (χ0) is 9.68. The van der Waals surface area contributed by atoms with Gasteiger partial charge in [0.05, 0.1) is 18.2 Å². The monoisotopic (exact) mass is 181 g/mol. The van der Waals surface area contributed by atoms with Gasteiger partial charge in [0.2, 0.25) is 0 Å². The van der Waals surface area contributed by atoms with E-state index in [1.807, 2.05) is 0 Å². The van der Waals surface area contributed by atoms with Gasteiger partial charge in [0.15, 0.2) is 11.5 Å². The van der Waals surface area contributed by atoms with Crippen LogP contribution in [-0.4, -0.2) is 27.9 Å². The minimum Gasteiger partial charge on any atom is -0.343 e. The molecule has 0 spiro atoms. The van der Waals surface area contributed by atoms with E-state index in [1.54, 1.807) is 0 Å². The summed E-state index contributed by atoms with van der Waals surface area (Å²) in [7, 11) is 0. The maximum atomic E-state index is 11.0. The van der Waals surface area contributed by atoms with Crippen LogP contribution in [0.3, 0.4) is 0 Å². The molecule has 0 unspecified atom stereocenters. The molecule has 6 nitrogen and oxygen atoms in total. The van der Waals surface area contributed by atoms with Gasteiger partial charge in [-0.2, -0.15) is 0 Å². The average molecular weight is 181 g/mol. The predicted molar refractivity (Wildman–Crippen MR) is 43.0 cm³/mol. The summed E-state index contributed by atoms with van der Waals surface area (Å²) in [5.74, 6) is -0.314. The summed E-state index contributed by atoms with van der Waals surface area (Å²) in [5, 5.41) is 3.31. The molecule has 1 N–H and O–H groups in total. The van der Waals surface area contributed by atoms with Gasteiger partial charge < -0.3 is 9.82 Å². The Morgan fingerprint density at radius 3 is 3.00 bits per heavy atom. The van der Waals surface area contributed by atoms with E-state index in [-0.39, 0.29) is 18.0 Å². The first-order valence-corrected chi connectivity index (χ1v) is 3.43. The minimum absolute atomic E-state index is 0.0320. The number of ketones is 1. The number of aromatic nitrogens is 2. The topological polar surface area (TPSA) is 84.4 Å². The van der Waals surface area contributed by atoms with Crippen LogP contribution in [0.1, 0.15) is 12.6 Å². The van der Waals surface area contributed by atoms with Crippen molar-refractivity contribution in [1.29, 1.82) is 0 Å². The predicted octanol–water partition coefficient (Wildman–Crippen LogP) is -0.124. The van der Waals surface area contributed by atoms with Crippen molar-refractivity contribution in [2.45, 2.75) is 6.92 Å². The molecular formula is C7H7N3O3. The van der Waals surface area contributed by atoms with Crippen LogP contribution in [0.25, 0.3) is 0 Å². The number of carbonyl (C=O) groups is 2. The molecule has 0 aliphatic carbocycles. The molecule has 1 aromatic heterocycles. The average Bonchev–Trinajstić information content (AvgIpc) is 2.57. The van der Waals surface area contributed by atoms with Crippen molar-refractivity contribution in [3.8, 4) is 0 Å². The van der Waals surface area contributed by atoms with Crippen LogP contribution in [0.5, 0.6) is 0 Å². The lowest BCUT2D eigenvalue weighted by atomic mass is 10.2. The van der Waals surface area contributed by atoms with Gasteiger partial charge in [-0.1, -0.05) is 5.16 Å². The van der Waals surface area contributed by atoms with E-state index in [1.165, 1.54) is 19.4 Å². The fourth-order valence-electron chi connectivity index (χ4n) is 0.763. The van der Waals surface area contributed by atoms with Crippen molar-refractivity contribution in [1.82, 2.24) is 9.97 Å². The van der Waals surface area contributed by atoms with Crippen molar-refractivity contribution < 1.29 is 14.4 Å². The first-order chi connectivity index (χ1) is 6.25. The van der Waals surface area contributed by atoms with E-state index in [0.717, 1.165) is 0 Å². The van der Waals surface area contributed by atoms with Crippen LogP contribution in [0.15, 0.2) is 17.7 Å². The molecule has 6 heteroatoms. The van der Waals surface area contributed by atoms with Crippen LogP contribution in [0.4, 0.5) is 0 Å². The second kappa shape index (κ2) is 4.15. The third kappa shape index (κ3) is 2.22. The molecule has 13 heavy (non-hydrogen) atoms. The smallest absolute Gasteiger partial charge is 0.323 e. The van der Waals surface area contributed by atoms with Crippen LogP contribution in [-0.2, 0) is 14.4 Å². The Balaban J connectivity index is 2.93. The summed E-state index contributed by atoms with van der Waals surface area (Å²) in [4.78, 5) is 31.3. The molecule has 0 aliphatic heterocycles. The van der Waals surface area contributed by atoms with E-state index in [4.69, 9.17) is 0 Å². The molecule has 0 saturated heterocycles. The summed E-state index contributed by atoms with van der Waals surface area (Å²) in [6.07, 6.45) is 2.81. The van der Waals surface area contributed by atoms with Gasteiger partial charge in [0, 0.05) is 6.92 Å². The van der Waals surface area contributed by atoms with E-state index in [9.17, 15) is 9.59 Å². The quantitative estimate of drug-likeness (QED) is 0.303. The van der Waals surface area contributed by atoms with Gasteiger partial charge in [0.25, 0.3) is 0 Å². The van der Waals surface area contributed by atoms with Gasteiger partial charge >= 0.3 is 6.47 Å². The summed E-state index contributed by atoms with van der Waals surface area (Å²) in [5.41, 5.74) is 0.443. The standard InChI is InChI=1S/C7H7N3O3/c1-5(12)7(10-13-4-11)6-2-8-3-9-6/h2-4H,1H3,(H,8,9)/b10-7-. The lowest BCUT2D eigenvalue weighted by molar-refractivity contribution is -0.128. The number of nitrogens with one attached hydrogen (secondary N) is 1. The number of carbonyl (C=O) groups excluding carboxylic acids is 2. The molecule has 0 aliphatic rings. The number of aromatic amines is 1. The molecule has 0 aromatic carbocycles. The maximum absolute atomic E-state index is 11.0. The zero-order valence-electron chi connectivity index (χ0n) is 6.85. The number of hydrogen-bond acceptors (Lipinski definition) is 5. The van der Waals surface area contributed by atoms with Crippen LogP contribution < -0.4 is 0 Å². The van der Waals surface area contributed by atoms with E-state index < -0.39 is 0 Å². The summed E-state index contributed by atoms with van der Waals surface area (Å²) < 4.78 is 0. The Kier molecular flexibility index (Phi) is 2.91. The highest BCUT2D eigenvalue weighted by Gasteiger charge is 2.11. The molecule has 0 saturated carbocycles. The number of imidazole rings is 1. The summed E-state index contributed by atoms with van der Waals surface area (Å²) >= 11 is 0. The van der Waals surface area contributed by atoms with Crippen LogP contribution in [0.2, 0.25) is 0 Å². The first-order valence-electron chi connectivity index (χ1n) is 3.43. The highest BCUT2D eigenvalue weighted by atomic mass is 16.7. The van der Waals surface area contributed by atoms with Crippen LogP contribution in [0, 0.1) is 0 Å². The van der Waals surface area contributed by atoms with Crippen LogP contribution >= 0.6 is 0 Å². The molecule has 0 radical (unpaired) electrons. The van der Waals surface area contributed by atoms with Crippen molar-refractivity contribution in [3.05, 3.63) is 18.2 Å². The molecular weight excluding hydrogens is 174 g/mol. The van der Waals surface area contributed by atoms with Gasteiger partial charge in [-0.3, -0.25) is 9.59 Å². The Morgan fingerprint density at radius 2 is 2.54 bits per heavy atom. The Bertz CT molecular complexity index is 329. The summed E-state index contributed by atoms with van der Waals surface area (Å²) in [6.45, 7) is 1.45. The van der Waals surface area contributed by atoms with E-state index >= 15 is 0 Å². The lowest BCUT2D eigenvalue weighted by Gasteiger charge is -1.95. The van der Waals surface area contributed by atoms with Gasteiger partial charge in [-0.15, -0.1) is 0 Å². The molecule has 68 valence electrons. The number of oxime groups is 1.